The Kier molecular flexibility index (Phi) is 9.15. The van der Waals surface area contributed by atoms with Gasteiger partial charge >= 0.3 is 0 Å². The van der Waals surface area contributed by atoms with Crippen molar-refractivity contribution in [3.05, 3.63) is 23.8 Å². The highest BCUT2D eigenvalue weighted by Gasteiger charge is 2.02. The van der Waals surface area contributed by atoms with E-state index in [-0.39, 0.29) is 0 Å². The van der Waals surface area contributed by atoms with Crippen LogP contribution in [0.2, 0.25) is 0 Å². The lowest BCUT2D eigenvalue weighted by Gasteiger charge is -2.10. The largest absolute Gasteiger partial charge is 0.313 e. The molecule has 0 rings (SSSR count). The number of allylic oxidation sites excluding steroid dienone is 4. The first kappa shape index (κ1) is 14.2. The highest BCUT2D eigenvalue weighted by Crippen LogP contribution is 2.18. The van der Waals surface area contributed by atoms with Gasteiger partial charge in [0.15, 0.2) is 0 Å². The van der Waals surface area contributed by atoms with E-state index in [4.69, 9.17) is 5.41 Å². The molecule has 1 nitrogen and oxygen atoms in total. The Balaban J connectivity index is 3.93. The van der Waals surface area contributed by atoms with Crippen molar-refractivity contribution in [1.29, 1.82) is 5.41 Å². The van der Waals surface area contributed by atoms with E-state index in [0.717, 1.165) is 12.3 Å². The van der Waals surface area contributed by atoms with Gasteiger partial charge in [0.1, 0.15) is 0 Å². The van der Waals surface area contributed by atoms with Crippen LogP contribution in [0.5, 0.6) is 0 Å². The molecule has 0 amide bonds. The fraction of sp³-hybridized carbons (Fsp3) is 0.643. The quantitative estimate of drug-likeness (QED) is 0.439. The molecule has 1 N–H and O–H groups in total. The number of hydrogen-bond acceptors (Lipinski definition) is 1. The van der Waals surface area contributed by atoms with Crippen LogP contribution < -0.4 is 0 Å². The van der Waals surface area contributed by atoms with Crippen LogP contribution in [0.25, 0.3) is 0 Å². The van der Waals surface area contributed by atoms with E-state index in [0.29, 0.717) is 0 Å². The molecule has 0 saturated heterocycles. The molecule has 0 aliphatic rings. The molecule has 0 aliphatic carbocycles. The summed E-state index contributed by atoms with van der Waals surface area (Å²) in [6, 6.07) is 0. The lowest BCUT2D eigenvalue weighted by Crippen LogP contribution is -1.95. The van der Waals surface area contributed by atoms with Crippen molar-refractivity contribution in [2.45, 2.75) is 52.9 Å². The zero-order valence-electron chi connectivity index (χ0n) is 10.4. The molecule has 15 heavy (non-hydrogen) atoms. The molecule has 0 bridgehead atoms. The average molecular weight is 207 g/mol. The van der Waals surface area contributed by atoms with E-state index >= 15 is 0 Å². The van der Waals surface area contributed by atoms with Gasteiger partial charge in [0.25, 0.3) is 0 Å². The van der Waals surface area contributed by atoms with Gasteiger partial charge in [-0.25, -0.2) is 0 Å². The van der Waals surface area contributed by atoms with Gasteiger partial charge in [0.2, 0.25) is 0 Å². The van der Waals surface area contributed by atoms with Crippen LogP contribution in [0.1, 0.15) is 52.9 Å². The molecule has 0 spiro atoms. The summed E-state index contributed by atoms with van der Waals surface area (Å²) < 4.78 is 0. The van der Waals surface area contributed by atoms with E-state index in [1.54, 1.807) is 0 Å². The van der Waals surface area contributed by atoms with Crippen LogP contribution in [0.3, 0.4) is 0 Å². The van der Waals surface area contributed by atoms with Crippen LogP contribution in [0, 0.1) is 11.3 Å². The predicted molar refractivity (Wildman–Crippen MR) is 69.6 cm³/mol. The lowest BCUT2D eigenvalue weighted by molar-refractivity contribution is 0.505. The van der Waals surface area contributed by atoms with Crippen molar-refractivity contribution in [2.24, 2.45) is 5.92 Å². The van der Waals surface area contributed by atoms with Gasteiger partial charge < -0.3 is 5.41 Å². The van der Waals surface area contributed by atoms with Crippen LogP contribution in [0.15, 0.2) is 23.8 Å². The van der Waals surface area contributed by atoms with Gasteiger partial charge in [-0.1, -0.05) is 56.9 Å². The summed E-state index contributed by atoms with van der Waals surface area (Å²) in [6.45, 7) is 6.66. The third-order valence-corrected chi connectivity index (χ3v) is 2.59. The SMILES string of the molecule is C/C=C(\C=C/CC=N)CC(C)CCCC. The summed E-state index contributed by atoms with van der Waals surface area (Å²) in [7, 11) is 0. The Bertz CT molecular complexity index is 213. The topological polar surface area (TPSA) is 23.9 Å². The van der Waals surface area contributed by atoms with Gasteiger partial charge in [-0.15, -0.1) is 0 Å². The van der Waals surface area contributed by atoms with Gasteiger partial charge in [-0.3, -0.25) is 0 Å². The minimum atomic E-state index is 0.751. The average Bonchev–Trinajstić information content (AvgIpc) is 2.25. The minimum Gasteiger partial charge on any atom is -0.313 e. The summed E-state index contributed by atoms with van der Waals surface area (Å²) in [5.74, 6) is 0.779. The Hall–Kier alpha value is -0.850. The fourth-order valence-electron chi connectivity index (χ4n) is 1.63. The maximum absolute atomic E-state index is 6.94. The lowest BCUT2D eigenvalue weighted by atomic mass is 9.95. The summed E-state index contributed by atoms with van der Waals surface area (Å²) in [5, 5.41) is 6.94. The van der Waals surface area contributed by atoms with E-state index in [2.05, 4.69) is 39.0 Å². The minimum absolute atomic E-state index is 0.751. The van der Waals surface area contributed by atoms with Gasteiger partial charge in [-0.05, 0) is 25.5 Å². The summed E-state index contributed by atoms with van der Waals surface area (Å²) in [5.41, 5.74) is 1.40. The first-order chi connectivity index (χ1) is 7.24. The molecule has 0 saturated carbocycles. The fourth-order valence-corrected chi connectivity index (χ4v) is 1.63. The molecule has 0 radical (unpaired) electrons. The van der Waals surface area contributed by atoms with E-state index in [9.17, 15) is 0 Å². The molecule has 0 aromatic rings. The van der Waals surface area contributed by atoms with Crippen molar-refractivity contribution < 1.29 is 0 Å². The second-order valence-corrected chi connectivity index (χ2v) is 4.16. The molecule has 0 heterocycles. The molecule has 0 aromatic heterocycles. The Morgan fingerprint density at radius 2 is 2.13 bits per heavy atom. The maximum atomic E-state index is 6.94. The summed E-state index contributed by atoms with van der Waals surface area (Å²) in [4.78, 5) is 0. The van der Waals surface area contributed by atoms with E-state index in [1.807, 2.05) is 0 Å². The molecule has 1 atom stereocenters. The van der Waals surface area contributed by atoms with Gasteiger partial charge in [0.05, 0.1) is 0 Å². The van der Waals surface area contributed by atoms with E-state index < -0.39 is 0 Å². The highest BCUT2D eigenvalue weighted by molar-refractivity contribution is 5.55. The molecule has 0 fully saturated rings. The Morgan fingerprint density at radius 3 is 2.67 bits per heavy atom. The van der Waals surface area contributed by atoms with Gasteiger partial charge in [-0.2, -0.15) is 0 Å². The van der Waals surface area contributed by atoms with Crippen LogP contribution >= 0.6 is 0 Å². The monoisotopic (exact) mass is 207 g/mol. The number of rotatable bonds is 8. The van der Waals surface area contributed by atoms with Crippen molar-refractivity contribution in [2.75, 3.05) is 0 Å². The second kappa shape index (κ2) is 9.70. The Morgan fingerprint density at radius 1 is 1.40 bits per heavy atom. The molecule has 86 valence electrons. The molecular formula is C14H25N. The molecule has 0 aromatic carbocycles. The smallest absolute Gasteiger partial charge is 0.000304 e. The van der Waals surface area contributed by atoms with Crippen LogP contribution in [-0.2, 0) is 0 Å². The first-order valence-corrected chi connectivity index (χ1v) is 6.05. The third-order valence-electron chi connectivity index (χ3n) is 2.59. The summed E-state index contributed by atoms with van der Waals surface area (Å²) in [6.07, 6.45) is 13.7. The second-order valence-electron chi connectivity index (χ2n) is 4.16. The zero-order chi connectivity index (χ0) is 11.5. The molecular weight excluding hydrogens is 182 g/mol. The third kappa shape index (κ3) is 8.17. The standard InChI is InChI=1S/C14H25N/c1-4-6-9-13(3)12-14(5-2)10-7-8-11-15/h5,7,10-11,13,15H,4,6,8-9,12H2,1-3H3/b10-7-,14-5+,15-11?. The molecule has 1 heteroatoms. The predicted octanol–water partition coefficient (Wildman–Crippen LogP) is 4.74. The zero-order valence-corrected chi connectivity index (χ0v) is 10.4. The number of hydrogen-bond donors (Lipinski definition) is 1. The number of unbranched alkanes of at least 4 members (excludes halogenated alkanes) is 1. The number of nitrogens with one attached hydrogen (secondary N) is 1. The highest BCUT2D eigenvalue weighted by atomic mass is 14.3. The molecule has 0 aliphatic heterocycles. The van der Waals surface area contributed by atoms with Crippen LogP contribution in [-0.4, -0.2) is 6.21 Å². The van der Waals surface area contributed by atoms with E-state index in [1.165, 1.54) is 37.5 Å². The summed E-state index contributed by atoms with van der Waals surface area (Å²) >= 11 is 0. The van der Waals surface area contributed by atoms with Crippen molar-refractivity contribution in [1.82, 2.24) is 0 Å². The van der Waals surface area contributed by atoms with Gasteiger partial charge in [0, 0.05) is 6.42 Å². The Labute approximate surface area is 94.8 Å². The molecule has 1 unspecified atom stereocenters. The first-order valence-electron chi connectivity index (χ1n) is 6.05. The van der Waals surface area contributed by atoms with Crippen molar-refractivity contribution in [3.8, 4) is 0 Å². The maximum Gasteiger partial charge on any atom is 0.000304 e. The normalized spacial score (nSPS) is 14.5. The van der Waals surface area contributed by atoms with Crippen molar-refractivity contribution >= 4 is 6.21 Å². The van der Waals surface area contributed by atoms with Crippen LogP contribution in [0.4, 0.5) is 0 Å². The van der Waals surface area contributed by atoms with Crippen molar-refractivity contribution in [3.63, 3.8) is 0 Å².